The number of piperazine rings is 1. The lowest BCUT2D eigenvalue weighted by atomic mass is 10.1. The van der Waals surface area contributed by atoms with Crippen LogP contribution in [0.5, 0.6) is 0 Å². The van der Waals surface area contributed by atoms with Crippen LogP contribution in [0.2, 0.25) is 0 Å². The van der Waals surface area contributed by atoms with Crippen molar-refractivity contribution in [2.24, 2.45) is 0 Å². The highest BCUT2D eigenvalue weighted by atomic mass is 32.2. The number of benzene rings is 1. The zero-order valence-electron chi connectivity index (χ0n) is 14.9. The number of nitrogens with zero attached hydrogens (tertiary/aromatic N) is 4. The zero-order valence-corrected chi connectivity index (χ0v) is 15.7. The van der Waals surface area contributed by atoms with Crippen LogP contribution < -0.4 is 4.90 Å². The molecule has 0 radical (unpaired) electrons. The van der Waals surface area contributed by atoms with Crippen molar-refractivity contribution >= 4 is 17.6 Å². The third-order valence-corrected chi connectivity index (χ3v) is 5.11. The van der Waals surface area contributed by atoms with E-state index in [1.165, 1.54) is 5.56 Å². The molecule has 1 aromatic heterocycles. The smallest absolute Gasteiger partial charge is 0.148 e. The van der Waals surface area contributed by atoms with Gasteiger partial charge in [0, 0.05) is 38.5 Å². The Morgan fingerprint density at radius 2 is 1.80 bits per heavy atom. The molecule has 0 bridgehead atoms. The summed E-state index contributed by atoms with van der Waals surface area (Å²) in [5.74, 6) is 1.85. The molecule has 1 aliphatic rings. The van der Waals surface area contributed by atoms with Crippen LogP contribution in [0.1, 0.15) is 19.4 Å². The van der Waals surface area contributed by atoms with E-state index in [4.69, 9.17) is 4.98 Å². The van der Waals surface area contributed by atoms with Crippen LogP contribution in [0, 0.1) is 0 Å². The lowest BCUT2D eigenvalue weighted by Crippen LogP contribution is -2.50. The summed E-state index contributed by atoms with van der Waals surface area (Å²) in [7, 11) is 0. The molecule has 0 saturated carbocycles. The van der Waals surface area contributed by atoms with Gasteiger partial charge in [0.15, 0.2) is 0 Å². The number of rotatable bonds is 6. The Bertz CT molecular complexity index is 667. The van der Waals surface area contributed by atoms with Gasteiger partial charge in [-0.1, -0.05) is 30.3 Å². The van der Waals surface area contributed by atoms with Crippen LogP contribution >= 0.6 is 11.8 Å². The van der Waals surface area contributed by atoms with Crippen molar-refractivity contribution in [3.8, 4) is 0 Å². The van der Waals surface area contributed by atoms with Crippen LogP contribution in [-0.2, 0) is 5.75 Å². The van der Waals surface area contributed by atoms with Gasteiger partial charge in [0.25, 0.3) is 0 Å². The monoisotopic (exact) mass is 358 g/mol. The van der Waals surface area contributed by atoms with E-state index in [9.17, 15) is 5.11 Å². The molecule has 0 amide bonds. The van der Waals surface area contributed by atoms with Crippen molar-refractivity contribution < 1.29 is 5.11 Å². The van der Waals surface area contributed by atoms with E-state index >= 15 is 0 Å². The largest absolute Gasteiger partial charge is 0.389 e. The average Bonchev–Trinajstić information content (AvgIpc) is 2.60. The second kappa shape index (κ2) is 8.17. The van der Waals surface area contributed by atoms with E-state index in [1.807, 2.05) is 32.3 Å². The van der Waals surface area contributed by atoms with Crippen molar-refractivity contribution in [3.05, 3.63) is 48.3 Å². The van der Waals surface area contributed by atoms with Gasteiger partial charge in [0.1, 0.15) is 10.8 Å². The van der Waals surface area contributed by atoms with Gasteiger partial charge in [0.2, 0.25) is 0 Å². The fourth-order valence-corrected chi connectivity index (χ4v) is 3.77. The average molecular weight is 359 g/mol. The number of hydrogen-bond acceptors (Lipinski definition) is 6. The third-order valence-electron chi connectivity index (χ3n) is 4.14. The molecule has 0 aliphatic carbocycles. The second-order valence-electron chi connectivity index (χ2n) is 7.07. The minimum atomic E-state index is -0.643. The van der Waals surface area contributed by atoms with Gasteiger partial charge in [-0.3, -0.25) is 9.88 Å². The molecule has 6 heteroatoms. The molecule has 1 N–H and O–H groups in total. The molecule has 1 aliphatic heterocycles. The van der Waals surface area contributed by atoms with Gasteiger partial charge in [-0.05, 0) is 19.4 Å². The Morgan fingerprint density at radius 3 is 2.48 bits per heavy atom. The highest BCUT2D eigenvalue weighted by Crippen LogP contribution is 2.23. The Kier molecular flexibility index (Phi) is 5.93. The molecule has 0 unspecified atom stereocenters. The Labute approximate surface area is 154 Å². The third kappa shape index (κ3) is 5.70. The van der Waals surface area contributed by atoms with Crippen molar-refractivity contribution in [1.29, 1.82) is 0 Å². The van der Waals surface area contributed by atoms with Crippen molar-refractivity contribution in [2.45, 2.75) is 30.2 Å². The number of β-amino-alcohol motifs (C(OH)–C–C–N with tert-alkyl or cyclic N) is 1. The molecule has 25 heavy (non-hydrogen) atoms. The molecular weight excluding hydrogens is 332 g/mol. The van der Waals surface area contributed by atoms with Crippen LogP contribution in [0.3, 0.4) is 0 Å². The van der Waals surface area contributed by atoms with Crippen molar-refractivity contribution in [1.82, 2.24) is 14.9 Å². The molecule has 2 aromatic rings. The molecule has 2 heterocycles. The standard InChI is InChI=1S/C19H26N4OS/c1-19(2,24)15-22-8-10-23(11-9-22)17-12-20-13-18(21-17)25-14-16-6-4-3-5-7-16/h3-7,12-13,24H,8-11,14-15H2,1-2H3. The van der Waals surface area contributed by atoms with Crippen molar-refractivity contribution in [3.63, 3.8) is 0 Å². The summed E-state index contributed by atoms with van der Waals surface area (Å²) >= 11 is 1.72. The summed E-state index contributed by atoms with van der Waals surface area (Å²) < 4.78 is 0. The maximum atomic E-state index is 9.96. The Balaban J connectivity index is 1.55. The highest BCUT2D eigenvalue weighted by Gasteiger charge is 2.23. The quantitative estimate of drug-likeness (QED) is 0.801. The molecule has 134 valence electrons. The molecule has 1 aromatic carbocycles. The van der Waals surface area contributed by atoms with E-state index in [0.717, 1.165) is 42.8 Å². The van der Waals surface area contributed by atoms with Gasteiger partial charge in [-0.2, -0.15) is 0 Å². The van der Waals surface area contributed by atoms with Gasteiger partial charge in [-0.15, -0.1) is 11.8 Å². The van der Waals surface area contributed by atoms with Crippen LogP contribution in [0.4, 0.5) is 5.82 Å². The normalized spacial score (nSPS) is 16.2. The highest BCUT2D eigenvalue weighted by molar-refractivity contribution is 7.98. The summed E-state index contributed by atoms with van der Waals surface area (Å²) in [6.45, 7) is 8.13. The maximum absolute atomic E-state index is 9.96. The first-order valence-corrected chi connectivity index (χ1v) is 9.67. The topological polar surface area (TPSA) is 52.5 Å². The first-order valence-electron chi connectivity index (χ1n) is 8.68. The minimum Gasteiger partial charge on any atom is -0.389 e. The fraction of sp³-hybridized carbons (Fsp3) is 0.474. The predicted octanol–water partition coefficient (Wildman–Crippen LogP) is 2.66. The van der Waals surface area contributed by atoms with Gasteiger partial charge < -0.3 is 10.0 Å². The second-order valence-corrected chi connectivity index (χ2v) is 8.06. The number of aliphatic hydroxyl groups is 1. The summed E-state index contributed by atoms with van der Waals surface area (Å²) in [6.07, 6.45) is 3.68. The summed E-state index contributed by atoms with van der Waals surface area (Å²) in [5, 5.41) is 10.9. The van der Waals surface area contributed by atoms with Crippen LogP contribution in [0.15, 0.2) is 47.8 Å². The Hall–Kier alpha value is -1.63. The van der Waals surface area contributed by atoms with E-state index in [0.29, 0.717) is 6.54 Å². The first kappa shape index (κ1) is 18.2. The first-order chi connectivity index (χ1) is 12.0. The lowest BCUT2D eigenvalue weighted by molar-refractivity contribution is 0.0344. The number of hydrogen-bond donors (Lipinski definition) is 1. The van der Waals surface area contributed by atoms with Crippen LogP contribution in [-0.4, -0.2) is 58.3 Å². The van der Waals surface area contributed by atoms with Gasteiger partial charge in [-0.25, -0.2) is 4.98 Å². The lowest BCUT2D eigenvalue weighted by Gasteiger charge is -2.37. The minimum absolute atomic E-state index is 0.643. The molecule has 1 fully saturated rings. The van der Waals surface area contributed by atoms with E-state index in [-0.39, 0.29) is 0 Å². The van der Waals surface area contributed by atoms with E-state index in [1.54, 1.807) is 11.8 Å². The van der Waals surface area contributed by atoms with Gasteiger partial charge >= 0.3 is 0 Å². The fourth-order valence-electron chi connectivity index (χ4n) is 2.97. The summed E-state index contributed by atoms with van der Waals surface area (Å²) in [6, 6.07) is 10.4. The van der Waals surface area contributed by atoms with Gasteiger partial charge in [0.05, 0.1) is 18.0 Å². The number of aromatic nitrogens is 2. The molecule has 0 atom stereocenters. The Morgan fingerprint density at radius 1 is 1.08 bits per heavy atom. The molecule has 3 rings (SSSR count). The SMILES string of the molecule is CC(C)(O)CN1CCN(c2cncc(SCc3ccccc3)n2)CC1. The molecule has 5 nitrogen and oxygen atoms in total. The molecule has 1 saturated heterocycles. The zero-order chi connectivity index (χ0) is 17.7. The summed E-state index contributed by atoms with van der Waals surface area (Å²) in [4.78, 5) is 13.7. The maximum Gasteiger partial charge on any atom is 0.148 e. The van der Waals surface area contributed by atoms with Crippen LogP contribution in [0.25, 0.3) is 0 Å². The van der Waals surface area contributed by atoms with E-state index in [2.05, 4.69) is 39.0 Å². The van der Waals surface area contributed by atoms with E-state index < -0.39 is 5.60 Å². The number of anilines is 1. The van der Waals surface area contributed by atoms with Crippen molar-refractivity contribution in [2.75, 3.05) is 37.6 Å². The predicted molar refractivity (Wildman–Crippen MR) is 103 cm³/mol. The summed E-state index contributed by atoms with van der Waals surface area (Å²) in [5.41, 5.74) is 0.649. The number of thioether (sulfide) groups is 1. The molecular formula is C19H26N4OS. The molecule has 0 spiro atoms.